The summed E-state index contributed by atoms with van der Waals surface area (Å²) in [5, 5.41) is 2.19. The van der Waals surface area contributed by atoms with Crippen molar-refractivity contribution in [3.8, 4) is 5.75 Å². The maximum atomic E-state index is 12.2. The van der Waals surface area contributed by atoms with Gasteiger partial charge in [0.25, 0.3) is 0 Å². The van der Waals surface area contributed by atoms with Gasteiger partial charge in [0.05, 0.1) is 7.11 Å². The zero-order chi connectivity index (χ0) is 15.4. The molecule has 0 aromatic heterocycles. The first kappa shape index (κ1) is 14.1. The normalized spacial score (nSPS) is 11.0. The lowest BCUT2D eigenvalue weighted by molar-refractivity contribution is 0.104. The Hall–Kier alpha value is -2.87. The molecule has 0 aliphatic heterocycles. The lowest BCUT2D eigenvalue weighted by Crippen LogP contribution is -1.94. The Morgan fingerprint density at radius 2 is 1.64 bits per heavy atom. The van der Waals surface area contributed by atoms with E-state index in [0.717, 1.165) is 22.1 Å². The first-order valence-corrected chi connectivity index (χ1v) is 7.13. The molecule has 3 aromatic rings. The molecule has 0 heterocycles. The zero-order valence-corrected chi connectivity index (χ0v) is 12.3. The summed E-state index contributed by atoms with van der Waals surface area (Å²) in [4.78, 5) is 12.2. The van der Waals surface area contributed by atoms with Crippen molar-refractivity contribution in [2.75, 3.05) is 7.11 Å². The van der Waals surface area contributed by atoms with Crippen LogP contribution in [0.5, 0.6) is 5.75 Å². The van der Waals surface area contributed by atoms with E-state index in [-0.39, 0.29) is 5.78 Å². The minimum atomic E-state index is -0.0180. The van der Waals surface area contributed by atoms with Crippen molar-refractivity contribution < 1.29 is 9.53 Å². The number of ether oxygens (including phenoxy) is 1. The van der Waals surface area contributed by atoms with E-state index < -0.39 is 0 Å². The van der Waals surface area contributed by atoms with E-state index in [1.54, 1.807) is 13.2 Å². The molecule has 0 fully saturated rings. The third-order valence-electron chi connectivity index (χ3n) is 3.61. The molecule has 108 valence electrons. The quantitative estimate of drug-likeness (QED) is 0.512. The highest BCUT2D eigenvalue weighted by molar-refractivity contribution is 6.08. The lowest BCUT2D eigenvalue weighted by atomic mass is 10.0. The number of allylic oxidation sites excluding steroid dienone is 1. The average Bonchev–Trinajstić information content (AvgIpc) is 2.60. The number of benzene rings is 3. The molecule has 0 N–H and O–H groups in total. The molecule has 0 aliphatic rings. The molecular formula is C20H16O2. The molecular weight excluding hydrogens is 272 g/mol. The highest BCUT2D eigenvalue weighted by Gasteiger charge is 2.06. The molecule has 0 unspecified atom stereocenters. The van der Waals surface area contributed by atoms with Crippen LogP contribution in [0.25, 0.3) is 16.8 Å². The van der Waals surface area contributed by atoms with E-state index in [1.165, 1.54) is 0 Å². The van der Waals surface area contributed by atoms with Crippen LogP contribution in [-0.4, -0.2) is 12.9 Å². The van der Waals surface area contributed by atoms with Crippen molar-refractivity contribution in [3.05, 3.63) is 83.9 Å². The number of hydrogen-bond acceptors (Lipinski definition) is 2. The summed E-state index contributed by atoms with van der Waals surface area (Å²) < 4.78 is 5.43. The SMILES string of the molecule is COc1ccc2ccccc2c1/C=C/C(=O)c1ccccc1. The number of methoxy groups -OCH3 is 1. The Morgan fingerprint density at radius 1 is 0.909 bits per heavy atom. The average molecular weight is 288 g/mol. The summed E-state index contributed by atoms with van der Waals surface area (Å²) in [5.74, 6) is 0.742. The Kier molecular flexibility index (Phi) is 4.01. The van der Waals surface area contributed by atoms with Crippen LogP contribution in [0.2, 0.25) is 0 Å². The zero-order valence-electron chi connectivity index (χ0n) is 12.3. The maximum Gasteiger partial charge on any atom is 0.185 e. The maximum absolute atomic E-state index is 12.2. The van der Waals surface area contributed by atoms with E-state index in [0.29, 0.717) is 5.56 Å². The summed E-state index contributed by atoms with van der Waals surface area (Å²) in [5.41, 5.74) is 1.60. The van der Waals surface area contributed by atoms with Gasteiger partial charge in [-0.3, -0.25) is 4.79 Å². The van der Waals surface area contributed by atoms with Crippen molar-refractivity contribution in [3.63, 3.8) is 0 Å². The summed E-state index contributed by atoms with van der Waals surface area (Å²) in [6.45, 7) is 0. The van der Waals surface area contributed by atoms with Gasteiger partial charge in [-0.25, -0.2) is 0 Å². The second-order valence-electron chi connectivity index (χ2n) is 4.97. The molecule has 0 saturated heterocycles. The van der Waals surface area contributed by atoms with Crippen LogP contribution in [0, 0.1) is 0 Å². The van der Waals surface area contributed by atoms with Crippen molar-refractivity contribution in [2.24, 2.45) is 0 Å². The van der Waals surface area contributed by atoms with Crippen molar-refractivity contribution in [1.82, 2.24) is 0 Å². The predicted octanol–water partition coefficient (Wildman–Crippen LogP) is 4.74. The fraction of sp³-hybridized carbons (Fsp3) is 0.0500. The van der Waals surface area contributed by atoms with E-state index in [1.807, 2.05) is 72.8 Å². The summed E-state index contributed by atoms with van der Waals surface area (Å²) >= 11 is 0. The van der Waals surface area contributed by atoms with Gasteiger partial charge >= 0.3 is 0 Å². The molecule has 0 radical (unpaired) electrons. The molecule has 0 atom stereocenters. The van der Waals surface area contributed by atoms with Crippen LogP contribution in [0.4, 0.5) is 0 Å². The Labute approximate surface area is 129 Å². The first-order valence-electron chi connectivity index (χ1n) is 7.13. The van der Waals surface area contributed by atoms with Crippen LogP contribution < -0.4 is 4.74 Å². The Balaban J connectivity index is 2.02. The molecule has 0 amide bonds. The Bertz CT molecular complexity index is 833. The van der Waals surface area contributed by atoms with Crippen LogP contribution in [0.3, 0.4) is 0 Å². The molecule has 0 saturated carbocycles. The van der Waals surface area contributed by atoms with Crippen molar-refractivity contribution in [1.29, 1.82) is 0 Å². The smallest absolute Gasteiger partial charge is 0.185 e. The van der Waals surface area contributed by atoms with Gasteiger partial charge in [0, 0.05) is 11.1 Å². The molecule has 2 heteroatoms. The van der Waals surface area contributed by atoms with Gasteiger partial charge in [-0.05, 0) is 29.0 Å². The third kappa shape index (κ3) is 2.77. The van der Waals surface area contributed by atoms with Gasteiger partial charge in [-0.2, -0.15) is 0 Å². The molecule has 3 rings (SSSR count). The van der Waals surface area contributed by atoms with Crippen molar-refractivity contribution >= 4 is 22.6 Å². The number of rotatable bonds is 4. The predicted molar refractivity (Wildman–Crippen MR) is 90.3 cm³/mol. The minimum absolute atomic E-state index is 0.0180. The standard InChI is InChI=1S/C20H16O2/c1-22-20-14-11-15-7-5-6-10-17(15)18(20)12-13-19(21)16-8-3-2-4-9-16/h2-14H,1H3/b13-12+. The van der Waals surface area contributed by atoms with Gasteiger partial charge in [0.2, 0.25) is 0 Å². The van der Waals surface area contributed by atoms with E-state index in [9.17, 15) is 4.79 Å². The molecule has 0 aliphatic carbocycles. The minimum Gasteiger partial charge on any atom is -0.496 e. The molecule has 0 bridgehead atoms. The first-order chi connectivity index (χ1) is 10.8. The van der Waals surface area contributed by atoms with Gasteiger partial charge in [0.15, 0.2) is 5.78 Å². The molecule has 2 nitrogen and oxygen atoms in total. The summed E-state index contributed by atoms with van der Waals surface area (Å²) in [6, 6.07) is 21.2. The lowest BCUT2D eigenvalue weighted by Gasteiger charge is -2.08. The van der Waals surface area contributed by atoms with Crippen LogP contribution in [0.1, 0.15) is 15.9 Å². The van der Waals surface area contributed by atoms with Gasteiger partial charge in [-0.1, -0.05) is 60.7 Å². The number of carbonyl (C=O) groups is 1. The number of carbonyl (C=O) groups excluding carboxylic acids is 1. The number of hydrogen-bond donors (Lipinski definition) is 0. The summed E-state index contributed by atoms with van der Waals surface area (Å²) in [6.07, 6.45) is 3.43. The van der Waals surface area contributed by atoms with Crippen LogP contribution in [-0.2, 0) is 0 Å². The van der Waals surface area contributed by atoms with Crippen molar-refractivity contribution in [2.45, 2.75) is 0 Å². The highest BCUT2D eigenvalue weighted by Crippen LogP contribution is 2.29. The third-order valence-corrected chi connectivity index (χ3v) is 3.61. The molecule has 22 heavy (non-hydrogen) atoms. The van der Waals surface area contributed by atoms with Gasteiger partial charge < -0.3 is 4.74 Å². The second-order valence-corrected chi connectivity index (χ2v) is 4.97. The van der Waals surface area contributed by atoms with E-state index >= 15 is 0 Å². The largest absolute Gasteiger partial charge is 0.496 e. The second kappa shape index (κ2) is 6.27. The highest BCUT2D eigenvalue weighted by atomic mass is 16.5. The topological polar surface area (TPSA) is 26.3 Å². The number of ketones is 1. The van der Waals surface area contributed by atoms with Gasteiger partial charge in [-0.15, -0.1) is 0 Å². The monoisotopic (exact) mass is 288 g/mol. The van der Waals surface area contributed by atoms with Gasteiger partial charge in [0.1, 0.15) is 5.75 Å². The number of fused-ring (bicyclic) bond motifs is 1. The summed E-state index contributed by atoms with van der Waals surface area (Å²) in [7, 11) is 1.64. The fourth-order valence-corrected chi connectivity index (χ4v) is 2.48. The molecule has 0 spiro atoms. The fourth-order valence-electron chi connectivity index (χ4n) is 2.48. The van der Waals surface area contributed by atoms with Crippen LogP contribution >= 0.6 is 0 Å². The van der Waals surface area contributed by atoms with E-state index in [2.05, 4.69) is 0 Å². The molecule has 3 aromatic carbocycles. The Morgan fingerprint density at radius 3 is 2.41 bits per heavy atom. The van der Waals surface area contributed by atoms with E-state index in [4.69, 9.17) is 4.74 Å². The van der Waals surface area contributed by atoms with Crippen LogP contribution in [0.15, 0.2) is 72.8 Å².